The number of nitrogens with one attached hydrogen (secondary N) is 2. The first-order valence-electron chi connectivity index (χ1n) is 8.87. The summed E-state index contributed by atoms with van der Waals surface area (Å²) in [6.07, 6.45) is 0.498. The Morgan fingerprint density at radius 2 is 1.70 bits per heavy atom. The predicted octanol–water partition coefficient (Wildman–Crippen LogP) is 2.15. The van der Waals surface area contributed by atoms with Crippen molar-refractivity contribution in [3.63, 3.8) is 0 Å². The molecule has 0 aromatic heterocycles. The maximum absolute atomic E-state index is 12.3. The van der Waals surface area contributed by atoms with Crippen LogP contribution in [0.5, 0.6) is 5.75 Å². The molecule has 0 saturated carbocycles. The van der Waals surface area contributed by atoms with Crippen LogP contribution in [-0.4, -0.2) is 43.8 Å². The number of carbonyl (C=O) groups is 3. The van der Waals surface area contributed by atoms with E-state index in [0.29, 0.717) is 24.3 Å². The summed E-state index contributed by atoms with van der Waals surface area (Å²) >= 11 is 0. The summed E-state index contributed by atoms with van der Waals surface area (Å²) in [6.45, 7) is 5.88. The smallest absolute Gasteiger partial charge is 0.338 e. The third-order valence-corrected chi connectivity index (χ3v) is 3.90. The molecule has 1 heterocycles. The molecule has 0 aliphatic carbocycles. The molecule has 8 heteroatoms. The first-order chi connectivity index (χ1) is 13.0. The highest BCUT2D eigenvalue weighted by Gasteiger charge is 2.32. The molecule has 2 amide bonds. The Labute approximate surface area is 157 Å². The zero-order chi connectivity index (χ0) is 19.8. The predicted molar refractivity (Wildman–Crippen MR) is 97.3 cm³/mol. The van der Waals surface area contributed by atoms with Crippen molar-refractivity contribution in [2.75, 3.05) is 19.8 Å². The fraction of sp³-hybridized carbons (Fsp3) is 0.421. The lowest BCUT2D eigenvalue weighted by molar-refractivity contribution is -0.139. The van der Waals surface area contributed by atoms with E-state index in [2.05, 4.69) is 10.6 Å². The highest BCUT2D eigenvalue weighted by molar-refractivity contribution is 5.95. The minimum absolute atomic E-state index is 0.200. The molecule has 2 rings (SSSR count). The van der Waals surface area contributed by atoms with Crippen LogP contribution in [0.2, 0.25) is 0 Å². The number of amides is 2. The Hall–Kier alpha value is -3.03. The fourth-order valence-electron chi connectivity index (χ4n) is 2.65. The molecule has 0 unspecified atom stereocenters. The molecule has 1 aliphatic heterocycles. The fourth-order valence-corrected chi connectivity index (χ4v) is 2.65. The molecule has 0 spiro atoms. The molecule has 8 nitrogen and oxygen atoms in total. The SMILES string of the molecule is CCOC(=O)C1=C(COC(=O)c2ccc(OCC)cc2)NC(=O)N[C@@H]1CC. The third-order valence-electron chi connectivity index (χ3n) is 3.90. The van der Waals surface area contributed by atoms with E-state index in [1.54, 1.807) is 31.2 Å². The molecule has 1 aliphatic rings. The normalized spacial score (nSPS) is 16.3. The Bertz CT molecular complexity index is 726. The van der Waals surface area contributed by atoms with Crippen molar-refractivity contribution in [2.45, 2.75) is 33.2 Å². The number of benzene rings is 1. The molecule has 0 saturated heterocycles. The van der Waals surface area contributed by atoms with Gasteiger partial charge < -0.3 is 24.8 Å². The third kappa shape index (κ3) is 5.22. The Balaban J connectivity index is 2.14. The average molecular weight is 376 g/mol. The Kier molecular flexibility index (Phi) is 7.22. The average Bonchev–Trinajstić information content (AvgIpc) is 2.66. The van der Waals surface area contributed by atoms with E-state index in [4.69, 9.17) is 14.2 Å². The first-order valence-corrected chi connectivity index (χ1v) is 8.87. The van der Waals surface area contributed by atoms with Crippen LogP contribution in [0.1, 0.15) is 37.6 Å². The highest BCUT2D eigenvalue weighted by Crippen LogP contribution is 2.18. The van der Waals surface area contributed by atoms with Gasteiger partial charge in [-0.3, -0.25) is 0 Å². The molecule has 0 bridgehead atoms. The number of carbonyl (C=O) groups excluding carboxylic acids is 3. The van der Waals surface area contributed by atoms with E-state index in [9.17, 15) is 14.4 Å². The maximum atomic E-state index is 12.3. The zero-order valence-electron chi connectivity index (χ0n) is 15.7. The number of rotatable bonds is 8. The van der Waals surface area contributed by atoms with E-state index < -0.39 is 24.0 Å². The van der Waals surface area contributed by atoms with Crippen molar-refractivity contribution >= 4 is 18.0 Å². The molecular formula is C19H24N2O6. The number of ether oxygens (including phenoxy) is 3. The van der Waals surface area contributed by atoms with Crippen LogP contribution in [0.15, 0.2) is 35.5 Å². The van der Waals surface area contributed by atoms with Crippen molar-refractivity contribution in [1.29, 1.82) is 0 Å². The van der Waals surface area contributed by atoms with Crippen LogP contribution < -0.4 is 15.4 Å². The molecule has 0 radical (unpaired) electrons. The summed E-state index contributed by atoms with van der Waals surface area (Å²) in [4.78, 5) is 36.4. The van der Waals surface area contributed by atoms with Gasteiger partial charge >= 0.3 is 18.0 Å². The van der Waals surface area contributed by atoms with Gasteiger partial charge in [0.25, 0.3) is 0 Å². The van der Waals surface area contributed by atoms with Gasteiger partial charge in [-0.15, -0.1) is 0 Å². The molecule has 1 aromatic carbocycles. The monoisotopic (exact) mass is 376 g/mol. The standard InChI is InChI=1S/C19H24N2O6/c1-4-14-16(18(23)26-6-3)15(21-19(24)20-14)11-27-17(22)12-7-9-13(10-8-12)25-5-2/h7-10,14H,4-6,11H2,1-3H3,(H2,20,21,24)/t14-/m1/s1. The summed E-state index contributed by atoms with van der Waals surface area (Å²) in [7, 11) is 0. The van der Waals surface area contributed by atoms with Gasteiger partial charge in [0, 0.05) is 0 Å². The topological polar surface area (TPSA) is 103 Å². The van der Waals surface area contributed by atoms with Crippen molar-refractivity contribution < 1.29 is 28.6 Å². The van der Waals surface area contributed by atoms with Gasteiger partial charge in [-0.25, -0.2) is 14.4 Å². The lowest BCUT2D eigenvalue weighted by Crippen LogP contribution is -2.51. The van der Waals surface area contributed by atoms with Crippen LogP contribution in [-0.2, 0) is 14.3 Å². The van der Waals surface area contributed by atoms with Gasteiger partial charge in [-0.2, -0.15) is 0 Å². The van der Waals surface area contributed by atoms with E-state index in [1.807, 2.05) is 13.8 Å². The number of esters is 2. The van der Waals surface area contributed by atoms with Gasteiger partial charge in [0.1, 0.15) is 12.4 Å². The summed E-state index contributed by atoms with van der Waals surface area (Å²) in [5, 5.41) is 5.19. The van der Waals surface area contributed by atoms with Crippen LogP contribution in [0, 0.1) is 0 Å². The van der Waals surface area contributed by atoms with Crippen molar-refractivity contribution in [3.8, 4) is 5.75 Å². The first kappa shape index (κ1) is 20.3. The molecule has 0 fully saturated rings. The van der Waals surface area contributed by atoms with Gasteiger partial charge in [0.2, 0.25) is 0 Å². The summed E-state index contributed by atoms with van der Waals surface area (Å²) < 4.78 is 15.7. The number of hydrogen-bond acceptors (Lipinski definition) is 6. The molecular weight excluding hydrogens is 352 g/mol. The molecule has 1 atom stereocenters. The minimum atomic E-state index is -0.574. The van der Waals surface area contributed by atoms with Gasteiger partial charge in [-0.05, 0) is 44.5 Å². The van der Waals surface area contributed by atoms with Crippen LogP contribution in [0.25, 0.3) is 0 Å². The zero-order valence-corrected chi connectivity index (χ0v) is 15.7. The van der Waals surface area contributed by atoms with E-state index in [-0.39, 0.29) is 24.5 Å². The van der Waals surface area contributed by atoms with Crippen molar-refractivity contribution in [3.05, 3.63) is 41.1 Å². The maximum Gasteiger partial charge on any atom is 0.338 e. The second kappa shape index (κ2) is 9.61. The van der Waals surface area contributed by atoms with Crippen LogP contribution >= 0.6 is 0 Å². The van der Waals surface area contributed by atoms with Gasteiger partial charge in [0.15, 0.2) is 0 Å². The van der Waals surface area contributed by atoms with Crippen molar-refractivity contribution in [2.24, 2.45) is 0 Å². The van der Waals surface area contributed by atoms with Crippen molar-refractivity contribution in [1.82, 2.24) is 10.6 Å². The van der Waals surface area contributed by atoms with Gasteiger partial charge in [0.05, 0.1) is 36.1 Å². The Morgan fingerprint density at radius 3 is 2.30 bits per heavy atom. The van der Waals surface area contributed by atoms with E-state index >= 15 is 0 Å². The summed E-state index contributed by atoms with van der Waals surface area (Å²) in [5.41, 5.74) is 0.825. The van der Waals surface area contributed by atoms with Crippen LogP contribution in [0.3, 0.4) is 0 Å². The molecule has 1 aromatic rings. The molecule has 2 N–H and O–H groups in total. The highest BCUT2D eigenvalue weighted by atomic mass is 16.5. The van der Waals surface area contributed by atoms with Crippen LogP contribution in [0.4, 0.5) is 4.79 Å². The summed E-state index contributed by atoms with van der Waals surface area (Å²) in [6, 6.07) is 5.55. The second-order valence-electron chi connectivity index (χ2n) is 5.71. The second-order valence-corrected chi connectivity index (χ2v) is 5.71. The number of urea groups is 1. The number of hydrogen-bond donors (Lipinski definition) is 2. The lowest BCUT2D eigenvalue weighted by atomic mass is 10.0. The quantitative estimate of drug-likeness (QED) is 0.674. The van der Waals surface area contributed by atoms with Gasteiger partial charge in [-0.1, -0.05) is 6.92 Å². The molecule has 146 valence electrons. The van der Waals surface area contributed by atoms with E-state index in [0.717, 1.165) is 0 Å². The molecule has 27 heavy (non-hydrogen) atoms. The largest absolute Gasteiger partial charge is 0.494 e. The Morgan fingerprint density at radius 1 is 1.00 bits per heavy atom. The summed E-state index contributed by atoms with van der Waals surface area (Å²) in [5.74, 6) is -0.476. The lowest BCUT2D eigenvalue weighted by Gasteiger charge is -2.28. The van der Waals surface area contributed by atoms with E-state index in [1.165, 1.54) is 0 Å². The minimum Gasteiger partial charge on any atom is -0.494 e.